The molecular weight excluding hydrogens is 489 g/mol. The third-order valence-corrected chi connectivity index (χ3v) is 6.08. The van der Waals surface area contributed by atoms with Crippen molar-refractivity contribution < 1.29 is 26.4 Å². The number of halogens is 3. The smallest absolute Gasteiger partial charge is 0.352 e. The summed E-state index contributed by atoms with van der Waals surface area (Å²) in [6.07, 6.45) is -4.47. The Morgan fingerprint density at radius 3 is 1.94 bits per heavy atom. The molecule has 1 unspecified atom stereocenters. The Kier molecular flexibility index (Phi) is 9.54. The van der Waals surface area contributed by atoms with Crippen LogP contribution in [0, 0.1) is 5.92 Å². The van der Waals surface area contributed by atoms with Gasteiger partial charge in [-0.05, 0) is 41.2 Å². The monoisotopic (exact) mass is 518 g/mol. The lowest BCUT2D eigenvalue weighted by Gasteiger charge is -2.28. The first-order chi connectivity index (χ1) is 15.7. The van der Waals surface area contributed by atoms with Gasteiger partial charge in [-0.3, -0.25) is 10.1 Å². The van der Waals surface area contributed by atoms with Crippen molar-refractivity contribution in [2.45, 2.75) is 48.8 Å². The molecule has 2 aromatic carbocycles. The minimum Gasteiger partial charge on any atom is -0.352 e. The van der Waals surface area contributed by atoms with E-state index < -0.39 is 39.6 Å². The largest absolute Gasteiger partial charge is 0.407 e. The Morgan fingerprint density at radius 2 is 1.53 bits per heavy atom. The molecule has 34 heavy (non-hydrogen) atoms. The van der Waals surface area contributed by atoms with Gasteiger partial charge in [-0.15, -0.1) is 0 Å². The van der Waals surface area contributed by atoms with Gasteiger partial charge in [-0.1, -0.05) is 50.2 Å². The molecular formula is C22H29F3N4O3S2. The minimum atomic E-state index is -4.66. The van der Waals surface area contributed by atoms with Gasteiger partial charge in [0, 0.05) is 6.54 Å². The zero-order valence-corrected chi connectivity index (χ0v) is 20.4. The van der Waals surface area contributed by atoms with Gasteiger partial charge in [-0.25, -0.2) is 13.6 Å². The molecule has 0 spiro atoms. The molecule has 0 heterocycles. The van der Waals surface area contributed by atoms with Crippen LogP contribution >= 0.6 is 12.6 Å². The number of carbonyl (C=O) groups excluding carboxylic acids is 1. The zero-order valence-electron chi connectivity index (χ0n) is 18.7. The average Bonchev–Trinajstić information content (AvgIpc) is 2.73. The molecule has 7 nitrogen and oxygen atoms in total. The topological polar surface area (TPSA) is 127 Å². The lowest BCUT2D eigenvalue weighted by molar-refractivity contribution is -0.161. The molecule has 0 saturated carbocycles. The summed E-state index contributed by atoms with van der Waals surface area (Å²) in [6.45, 7) is 3.64. The Bertz CT molecular complexity index is 1060. The van der Waals surface area contributed by atoms with E-state index in [1.165, 1.54) is 48.5 Å². The number of sulfonamides is 1. The van der Waals surface area contributed by atoms with Crippen LogP contribution in [0.25, 0.3) is 11.1 Å². The van der Waals surface area contributed by atoms with Gasteiger partial charge in [0.2, 0.25) is 15.9 Å². The summed E-state index contributed by atoms with van der Waals surface area (Å²) < 4.78 is 64.7. The van der Waals surface area contributed by atoms with Crippen LogP contribution in [-0.4, -0.2) is 38.5 Å². The molecule has 1 amide bonds. The summed E-state index contributed by atoms with van der Waals surface area (Å²) in [6, 6.07) is 8.15. The molecule has 12 heteroatoms. The average molecular weight is 519 g/mol. The van der Waals surface area contributed by atoms with Crippen molar-refractivity contribution >= 4 is 28.6 Å². The number of alkyl halides is 3. The molecule has 3 atom stereocenters. The quantitative estimate of drug-likeness (QED) is 0.244. The van der Waals surface area contributed by atoms with E-state index in [0.717, 1.165) is 0 Å². The standard InChI is InChI=1S/C22H29F3N4O3S2/c1-13(2)11-18(21(30)28-12-19(26)33)29-20(22(23,24)25)16-5-3-14(4-6-16)15-7-9-17(10-8-15)34(27,31)32/h3-10,13,18-20,29,33H,11-12,26H2,1-2H3,(H,28,30)(H2,27,31,32)/t18-,19?,20-/m0/s1. The summed E-state index contributed by atoms with van der Waals surface area (Å²) in [5.41, 5.74) is 6.64. The van der Waals surface area contributed by atoms with Crippen molar-refractivity contribution in [2.24, 2.45) is 16.8 Å². The number of thiol groups is 1. The number of primary sulfonamides is 1. The SMILES string of the molecule is CC(C)C[C@H](N[C@@H](c1ccc(-c2ccc(S(N)(=O)=O)cc2)cc1)C(F)(F)F)C(=O)NCC(N)S. The maximum atomic E-state index is 14.0. The van der Waals surface area contributed by atoms with Gasteiger partial charge < -0.3 is 11.1 Å². The molecule has 188 valence electrons. The van der Waals surface area contributed by atoms with Crippen molar-refractivity contribution in [1.82, 2.24) is 10.6 Å². The van der Waals surface area contributed by atoms with Crippen molar-refractivity contribution in [2.75, 3.05) is 6.54 Å². The van der Waals surface area contributed by atoms with E-state index in [1.807, 2.05) is 13.8 Å². The van der Waals surface area contributed by atoms with Crippen molar-refractivity contribution in [3.8, 4) is 11.1 Å². The number of amides is 1. The second-order valence-electron chi connectivity index (χ2n) is 8.33. The minimum absolute atomic E-state index is 0.0217. The molecule has 0 fully saturated rings. The summed E-state index contributed by atoms with van der Waals surface area (Å²) >= 11 is 3.97. The molecule has 2 rings (SSSR count). The Balaban J connectivity index is 2.29. The van der Waals surface area contributed by atoms with Crippen LogP contribution < -0.4 is 21.5 Å². The van der Waals surface area contributed by atoms with Gasteiger partial charge in [0.15, 0.2) is 0 Å². The second kappa shape index (κ2) is 11.5. The lowest BCUT2D eigenvalue weighted by Crippen LogP contribution is -2.50. The van der Waals surface area contributed by atoms with E-state index in [1.54, 1.807) is 0 Å². The highest BCUT2D eigenvalue weighted by Crippen LogP contribution is 2.34. The maximum Gasteiger partial charge on any atom is 0.407 e. The Morgan fingerprint density at radius 1 is 1.03 bits per heavy atom. The Labute approximate surface area is 202 Å². The highest BCUT2D eigenvalue weighted by atomic mass is 32.2. The predicted octanol–water partition coefficient (Wildman–Crippen LogP) is 2.94. The van der Waals surface area contributed by atoms with Crippen LogP contribution in [0.15, 0.2) is 53.4 Å². The van der Waals surface area contributed by atoms with E-state index in [-0.39, 0.29) is 29.3 Å². The number of benzene rings is 2. The number of hydrogen-bond acceptors (Lipinski definition) is 6. The van der Waals surface area contributed by atoms with Crippen molar-refractivity contribution in [3.63, 3.8) is 0 Å². The maximum absolute atomic E-state index is 14.0. The van der Waals surface area contributed by atoms with Crippen molar-refractivity contribution in [1.29, 1.82) is 0 Å². The molecule has 0 saturated heterocycles. The molecule has 0 radical (unpaired) electrons. The fraction of sp³-hybridized carbons (Fsp3) is 0.409. The molecule has 0 aliphatic carbocycles. The summed E-state index contributed by atoms with van der Waals surface area (Å²) in [5, 5.41) is 9.44. The van der Waals surface area contributed by atoms with E-state index in [0.29, 0.717) is 11.1 Å². The molecule has 0 bridgehead atoms. The van der Waals surface area contributed by atoms with Gasteiger partial charge >= 0.3 is 6.18 Å². The normalized spacial score (nSPS) is 15.1. The summed E-state index contributed by atoms with van der Waals surface area (Å²) in [4.78, 5) is 12.5. The highest BCUT2D eigenvalue weighted by Gasteiger charge is 2.42. The van der Waals surface area contributed by atoms with Gasteiger partial charge in [0.1, 0.15) is 6.04 Å². The first-order valence-corrected chi connectivity index (χ1v) is 12.5. The van der Waals surface area contributed by atoms with Gasteiger partial charge in [0.25, 0.3) is 0 Å². The van der Waals surface area contributed by atoms with E-state index in [9.17, 15) is 26.4 Å². The van der Waals surface area contributed by atoms with Crippen LogP contribution in [0.5, 0.6) is 0 Å². The van der Waals surface area contributed by atoms with Crippen LogP contribution in [0.1, 0.15) is 31.9 Å². The third-order valence-electron chi connectivity index (χ3n) is 4.96. The number of nitrogens with two attached hydrogens (primary N) is 2. The summed E-state index contributed by atoms with van der Waals surface area (Å²) in [5.74, 6) is -0.622. The fourth-order valence-corrected chi connectivity index (χ4v) is 3.94. The van der Waals surface area contributed by atoms with Crippen LogP contribution in [0.3, 0.4) is 0 Å². The van der Waals surface area contributed by atoms with E-state index in [4.69, 9.17) is 10.9 Å². The number of rotatable bonds is 10. The molecule has 0 aliphatic rings. The van der Waals surface area contributed by atoms with Crippen LogP contribution in [0.2, 0.25) is 0 Å². The summed E-state index contributed by atoms with van der Waals surface area (Å²) in [7, 11) is -3.85. The number of carbonyl (C=O) groups is 1. The Hall–Kier alpha value is -2.12. The number of hydrogen-bond donors (Lipinski definition) is 5. The molecule has 0 aromatic heterocycles. The first-order valence-electron chi connectivity index (χ1n) is 10.5. The first kappa shape index (κ1) is 28.1. The van der Waals surface area contributed by atoms with Crippen LogP contribution in [0.4, 0.5) is 13.2 Å². The molecule has 0 aliphatic heterocycles. The lowest BCUT2D eigenvalue weighted by atomic mass is 9.97. The molecule has 6 N–H and O–H groups in total. The third kappa shape index (κ3) is 8.27. The van der Waals surface area contributed by atoms with Crippen LogP contribution in [-0.2, 0) is 14.8 Å². The van der Waals surface area contributed by atoms with Crippen molar-refractivity contribution in [3.05, 3.63) is 54.1 Å². The zero-order chi connectivity index (χ0) is 25.7. The second-order valence-corrected chi connectivity index (χ2v) is 10.6. The van der Waals surface area contributed by atoms with E-state index in [2.05, 4.69) is 23.3 Å². The number of nitrogens with one attached hydrogen (secondary N) is 2. The van der Waals surface area contributed by atoms with E-state index >= 15 is 0 Å². The predicted molar refractivity (Wildman–Crippen MR) is 128 cm³/mol. The fourth-order valence-electron chi connectivity index (χ4n) is 3.34. The molecule has 2 aromatic rings. The van der Waals surface area contributed by atoms with Gasteiger partial charge in [0.05, 0.1) is 16.3 Å². The van der Waals surface area contributed by atoms with Gasteiger partial charge in [-0.2, -0.15) is 25.8 Å². The highest BCUT2D eigenvalue weighted by molar-refractivity contribution is 7.89.